The Kier molecular flexibility index (Phi) is 5.23. The smallest absolute Gasteiger partial charge is 0.123 e. The van der Waals surface area contributed by atoms with E-state index in [1.807, 2.05) is 36.4 Å². The average Bonchev–Trinajstić information content (AvgIpc) is 2.55. The summed E-state index contributed by atoms with van der Waals surface area (Å²) in [6.45, 7) is 2.16. The molecule has 3 heteroatoms. The molecule has 112 valence electrons. The third kappa shape index (κ3) is 3.37. The van der Waals surface area contributed by atoms with Gasteiger partial charge in [0.15, 0.2) is 0 Å². The molecule has 2 rings (SSSR count). The molecule has 2 atom stereocenters. The van der Waals surface area contributed by atoms with Gasteiger partial charge in [0.05, 0.1) is 14.2 Å². The second-order valence-electron chi connectivity index (χ2n) is 5.06. The van der Waals surface area contributed by atoms with Gasteiger partial charge in [-0.05, 0) is 30.2 Å². The van der Waals surface area contributed by atoms with Gasteiger partial charge in [-0.2, -0.15) is 0 Å². The zero-order valence-electron chi connectivity index (χ0n) is 12.9. The van der Waals surface area contributed by atoms with Crippen LogP contribution in [0.3, 0.4) is 0 Å². The maximum absolute atomic E-state index is 6.55. The molecule has 0 heterocycles. The first-order valence-corrected chi connectivity index (χ1v) is 7.23. The van der Waals surface area contributed by atoms with Crippen LogP contribution in [0.4, 0.5) is 0 Å². The van der Waals surface area contributed by atoms with Crippen molar-refractivity contribution in [2.45, 2.75) is 25.3 Å². The predicted octanol–water partition coefficient (Wildman–Crippen LogP) is 3.90. The van der Waals surface area contributed by atoms with E-state index in [0.29, 0.717) is 0 Å². The minimum absolute atomic E-state index is 0.137. The molecule has 0 bridgehead atoms. The zero-order valence-corrected chi connectivity index (χ0v) is 12.9. The van der Waals surface area contributed by atoms with Crippen LogP contribution in [0.2, 0.25) is 0 Å². The Bertz CT molecular complexity index is 569. The lowest BCUT2D eigenvalue weighted by Gasteiger charge is -2.25. The average molecular weight is 285 g/mol. The Morgan fingerprint density at radius 1 is 1.00 bits per heavy atom. The molecule has 0 aliphatic carbocycles. The van der Waals surface area contributed by atoms with Gasteiger partial charge in [-0.25, -0.2) is 0 Å². The van der Waals surface area contributed by atoms with E-state index >= 15 is 0 Å². The van der Waals surface area contributed by atoms with Gasteiger partial charge in [-0.1, -0.05) is 37.3 Å². The molecule has 0 aromatic heterocycles. The molecule has 2 aromatic rings. The van der Waals surface area contributed by atoms with E-state index in [4.69, 9.17) is 15.2 Å². The molecule has 0 aliphatic rings. The van der Waals surface area contributed by atoms with Crippen LogP contribution >= 0.6 is 0 Å². The third-order valence-electron chi connectivity index (χ3n) is 3.90. The van der Waals surface area contributed by atoms with Gasteiger partial charge in [0.1, 0.15) is 11.5 Å². The molecule has 2 aromatic carbocycles. The number of methoxy groups -OCH3 is 2. The fourth-order valence-corrected chi connectivity index (χ4v) is 2.71. The molecule has 2 N–H and O–H groups in total. The summed E-state index contributed by atoms with van der Waals surface area (Å²) in [6, 6.07) is 16.0. The molecule has 0 aliphatic heterocycles. The summed E-state index contributed by atoms with van der Waals surface area (Å²) in [7, 11) is 3.33. The molecule has 3 nitrogen and oxygen atoms in total. The lowest BCUT2D eigenvalue weighted by atomic mass is 9.85. The van der Waals surface area contributed by atoms with Crippen LogP contribution in [-0.4, -0.2) is 14.2 Å². The predicted molar refractivity (Wildman–Crippen MR) is 85.9 cm³/mol. The Morgan fingerprint density at radius 2 is 1.71 bits per heavy atom. The lowest BCUT2D eigenvalue weighted by Crippen LogP contribution is -2.20. The molecule has 2 unspecified atom stereocenters. The molecule has 0 fully saturated rings. The van der Waals surface area contributed by atoms with E-state index in [1.165, 1.54) is 5.56 Å². The number of hydrogen-bond acceptors (Lipinski definition) is 3. The second-order valence-corrected chi connectivity index (χ2v) is 5.06. The highest BCUT2D eigenvalue weighted by atomic mass is 16.5. The summed E-state index contributed by atoms with van der Waals surface area (Å²) in [5.74, 6) is 1.84. The summed E-state index contributed by atoms with van der Waals surface area (Å²) in [5, 5.41) is 0. The number of benzene rings is 2. The zero-order chi connectivity index (χ0) is 15.2. The minimum atomic E-state index is -0.137. The highest BCUT2D eigenvalue weighted by molar-refractivity contribution is 5.43. The Labute approximate surface area is 126 Å². The normalized spacial score (nSPS) is 13.5. The van der Waals surface area contributed by atoms with Crippen molar-refractivity contribution in [2.75, 3.05) is 14.2 Å². The van der Waals surface area contributed by atoms with E-state index in [9.17, 15) is 0 Å². The standard InChI is InChI=1S/C18H23NO2/c1-4-15(13-8-6-5-7-9-13)18(19)16-12-14(20-2)10-11-17(16)21-3/h5-12,15,18H,4,19H2,1-3H3. The molecule has 0 radical (unpaired) electrons. The van der Waals surface area contributed by atoms with E-state index in [0.717, 1.165) is 23.5 Å². The summed E-state index contributed by atoms with van der Waals surface area (Å²) in [4.78, 5) is 0. The van der Waals surface area contributed by atoms with Gasteiger partial charge in [0.2, 0.25) is 0 Å². The first-order valence-electron chi connectivity index (χ1n) is 7.23. The van der Waals surface area contributed by atoms with Crippen LogP contribution in [0, 0.1) is 0 Å². The third-order valence-corrected chi connectivity index (χ3v) is 3.90. The first-order chi connectivity index (χ1) is 10.2. The van der Waals surface area contributed by atoms with E-state index in [2.05, 4.69) is 19.1 Å². The summed E-state index contributed by atoms with van der Waals surface area (Å²) >= 11 is 0. The second kappa shape index (κ2) is 7.14. The molecular formula is C18H23NO2. The van der Waals surface area contributed by atoms with Crippen LogP contribution in [0.25, 0.3) is 0 Å². The maximum Gasteiger partial charge on any atom is 0.123 e. The number of hydrogen-bond donors (Lipinski definition) is 1. The van der Waals surface area contributed by atoms with Crippen LogP contribution in [0.15, 0.2) is 48.5 Å². The van der Waals surface area contributed by atoms with Crippen molar-refractivity contribution in [1.29, 1.82) is 0 Å². The highest BCUT2D eigenvalue weighted by Gasteiger charge is 2.23. The van der Waals surface area contributed by atoms with Crippen LogP contribution < -0.4 is 15.2 Å². The molecule has 0 spiro atoms. The fourth-order valence-electron chi connectivity index (χ4n) is 2.71. The number of rotatable bonds is 6. The van der Waals surface area contributed by atoms with Gasteiger partial charge in [-0.3, -0.25) is 0 Å². The molecule has 21 heavy (non-hydrogen) atoms. The SMILES string of the molecule is CCC(c1ccccc1)C(N)c1cc(OC)ccc1OC. The Morgan fingerprint density at radius 3 is 2.29 bits per heavy atom. The van der Waals surface area contributed by atoms with Crippen molar-refractivity contribution >= 4 is 0 Å². The minimum Gasteiger partial charge on any atom is -0.497 e. The quantitative estimate of drug-likeness (QED) is 0.875. The Balaban J connectivity index is 2.39. The van der Waals surface area contributed by atoms with Crippen molar-refractivity contribution in [1.82, 2.24) is 0 Å². The molecule has 0 amide bonds. The topological polar surface area (TPSA) is 44.5 Å². The van der Waals surface area contributed by atoms with Crippen molar-refractivity contribution in [2.24, 2.45) is 5.73 Å². The number of nitrogens with two attached hydrogens (primary N) is 1. The highest BCUT2D eigenvalue weighted by Crippen LogP contribution is 2.37. The monoisotopic (exact) mass is 285 g/mol. The molecule has 0 saturated carbocycles. The number of ether oxygens (including phenoxy) is 2. The van der Waals surface area contributed by atoms with E-state index < -0.39 is 0 Å². The van der Waals surface area contributed by atoms with Crippen LogP contribution in [-0.2, 0) is 0 Å². The fraction of sp³-hybridized carbons (Fsp3) is 0.333. The van der Waals surface area contributed by atoms with Gasteiger partial charge < -0.3 is 15.2 Å². The first kappa shape index (κ1) is 15.4. The van der Waals surface area contributed by atoms with Crippen molar-refractivity contribution in [3.63, 3.8) is 0 Å². The largest absolute Gasteiger partial charge is 0.497 e. The van der Waals surface area contributed by atoms with Crippen LogP contribution in [0.5, 0.6) is 11.5 Å². The van der Waals surface area contributed by atoms with Gasteiger partial charge in [0, 0.05) is 17.5 Å². The van der Waals surface area contributed by atoms with Crippen LogP contribution in [0.1, 0.15) is 36.4 Å². The summed E-state index contributed by atoms with van der Waals surface area (Å²) in [5.41, 5.74) is 8.77. The van der Waals surface area contributed by atoms with E-state index in [-0.39, 0.29) is 12.0 Å². The maximum atomic E-state index is 6.55. The van der Waals surface area contributed by atoms with Gasteiger partial charge in [-0.15, -0.1) is 0 Å². The van der Waals surface area contributed by atoms with Gasteiger partial charge in [0.25, 0.3) is 0 Å². The van der Waals surface area contributed by atoms with Crippen molar-refractivity contribution in [3.05, 3.63) is 59.7 Å². The lowest BCUT2D eigenvalue weighted by molar-refractivity contribution is 0.390. The summed E-state index contributed by atoms with van der Waals surface area (Å²) < 4.78 is 10.8. The van der Waals surface area contributed by atoms with Gasteiger partial charge >= 0.3 is 0 Å². The van der Waals surface area contributed by atoms with E-state index in [1.54, 1.807) is 14.2 Å². The van der Waals surface area contributed by atoms with Crippen molar-refractivity contribution in [3.8, 4) is 11.5 Å². The molecule has 0 saturated heterocycles. The Hall–Kier alpha value is -2.00. The molecular weight excluding hydrogens is 262 g/mol. The van der Waals surface area contributed by atoms with Crippen molar-refractivity contribution < 1.29 is 9.47 Å². The summed E-state index contributed by atoms with van der Waals surface area (Å²) in [6.07, 6.45) is 0.964.